The molecular weight excluding hydrogens is 284 g/mol. The molecule has 0 saturated heterocycles. The molecule has 1 unspecified atom stereocenters. The first-order chi connectivity index (χ1) is 10.2. The second kappa shape index (κ2) is 7.90. The molecule has 4 nitrogen and oxygen atoms in total. The van der Waals surface area contributed by atoms with Gasteiger partial charge in [-0.25, -0.2) is 4.98 Å². The lowest BCUT2D eigenvalue weighted by molar-refractivity contribution is -0.139. The Morgan fingerprint density at radius 2 is 2.14 bits per heavy atom. The first kappa shape index (κ1) is 15.7. The van der Waals surface area contributed by atoms with Gasteiger partial charge in [-0.2, -0.15) is 0 Å². The number of thiazole rings is 1. The average molecular weight is 304 g/mol. The standard InChI is InChI=1S/C16H20N2O2S/c1-2-3-9-14(16(19)20)17-10-13-11-18-15(21-13)12-7-5-4-6-8-12/h4-8,11,14,17H,2-3,9-10H2,1H3,(H,19,20). The normalized spacial score (nSPS) is 12.2. The Morgan fingerprint density at radius 1 is 1.38 bits per heavy atom. The topological polar surface area (TPSA) is 62.2 Å². The zero-order valence-corrected chi connectivity index (χ0v) is 12.9. The van der Waals surface area contributed by atoms with E-state index >= 15 is 0 Å². The molecule has 5 heteroatoms. The van der Waals surface area contributed by atoms with Crippen LogP contribution < -0.4 is 5.32 Å². The number of aromatic nitrogens is 1. The largest absolute Gasteiger partial charge is 0.480 e. The molecule has 0 amide bonds. The van der Waals surface area contributed by atoms with E-state index in [0.29, 0.717) is 13.0 Å². The maximum absolute atomic E-state index is 11.2. The second-order valence-electron chi connectivity index (χ2n) is 4.91. The number of nitrogens with one attached hydrogen (secondary N) is 1. The summed E-state index contributed by atoms with van der Waals surface area (Å²) < 4.78 is 0. The van der Waals surface area contributed by atoms with Crippen molar-refractivity contribution in [2.24, 2.45) is 0 Å². The van der Waals surface area contributed by atoms with Crippen LogP contribution >= 0.6 is 11.3 Å². The second-order valence-corrected chi connectivity index (χ2v) is 6.03. The number of benzene rings is 1. The van der Waals surface area contributed by atoms with Crippen molar-refractivity contribution in [3.05, 3.63) is 41.4 Å². The van der Waals surface area contributed by atoms with Gasteiger partial charge in [0.05, 0.1) is 0 Å². The van der Waals surface area contributed by atoms with Crippen LogP contribution in [0.2, 0.25) is 0 Å². The first-order valence-electron chi connectivity index (χ1n) is 7.17. The average Bonchev–Trinajstić information content (AvgIpc) is 2.97. The highest BCUT2D eigenvalue weighted by atomic mass is 32.1. The Morgan fingerprint density at radius 3 is 2.81 bits per heavy atom. The lowest BCUT2D eigenvalue weighted by Crippen LogP contribution is -2.35. The zero-order valence-electron chi connectivity index (χ0n) is 12.1. The molecule has 112 valence electrons. The number of unbranched alkanes of at least 4 members (excludes halogenated alkanes) is 1. The van der Waals surface area contributed by atoms with Crippen LogP contribution in [-0.4, -0.2) is 22.1 Å². The summed E-state index contributed by atoms with van der Waals surface area (Å²) in [7, 11) is 0. The fourth-order valence-electron chi connectivity index (χ4n) is 2.05. The summed E-state index contributed by atoms with van der Waals surface area (Å²) in [4.78, 5) is 16.6. The smallest absolute Gasteiger partial charge is 0.320 e. The number of aliphatic carboxylic acids is 1. The molecule has 2 aromatic rings. The van der Waals surface area contributed by atoms with Crippen molar-refractivity contribution in [2.75, 3.05) is 0 Å². The van der Waals surface area contributed by atoms with E-state index in [2.05, 4.69) is 17.2 Å². The van der Waals surface area contributed by atoms with Crippen molar-refractivity contribution in [3.63, 3.8) is 0 Å². The number of carboxylic acid groups (broad SMARTS) is 1. The van der Waals surface area contributed by atoms with E-state index in [-0.39, 0.29) is 0 Å². The lowest BCUT2D eigenvalue weighted by atomic mass is 10.1. The molecule has 0 aliphatic heterocycles. The summed E-state index contributed by atoms with van der Waals surface area (Å²) in [5.74, 6) is -0.781. The van der Waals surface area contributed by atoms with E-state index in [9.17, 15) is 9.90 Å². The summed E-state index contributed by atoms with van der Waals surface area (Å²) in [6, 6.07) is 9.52. The van der Waals surface area contributed by atoms with Gasteiger partial charge in [0, 0.05) is 23.2 Å². The monoisotopic (exact) mass is 304 g/mol. The SMILES string of the molecule is CCCCC(NCc1cnc(-c2ccccc2)s1)C(=O)O. The summed E-state index contributed by atoms with van der Waals surface area (Å²) in [6.07, 6.45) is 4.40. The number of nitrogens with zero attached hydrogens (tertiary/aromatic N) is 1. The fourth-order valence-corrected chi connectivity index (χ4v) is 2.92. The molecule has 0 spiro atoms. The fraction of sp³-hybridized carbons (Fsp3) is 0.375. The van der Waals surface area contributed by atoms with Crippen LogP contribution in [0.1, 0.15) is 31.1 Å². The Balaban J connectivity index is 1.94. The van der Waals surface area contributed by atoms with Crippen molar-refractivity contribution in [1.82, 2.24) is 10.3 Å². The van der Waals surface area contributed by atoms with Gasteiger partial charge in [-0.1, -0.05) is 50.1 Å². The molecule has 0 aliphatic carbocycles. The molecule has 2 rings (SSSR count). The highest BCUT2D eigenvalue weighted by molar-refractivity contribution is 7.15. The third kappa shape index (κ3) is 4.65. The zero-order chi connectivity index (χ0) is 15.1. The van der Waals surface area contributed by atoms with E-state index < -0.39 is 12.0 Å². The van der Waals surface area contributed by atoms with Crippen molar-refractivity contribution >= 4 is 17.3 Å². The number of hydrogen-bond acceptors (Lipinski definition) is 4. The Bertz CT molecular complexity index is 569. The van der Waals surface area contributed by atoms with Gasteiger partial charge in [0.15, 0.2) is 0 Å². The number of hydrogen-bond donors (Lipinski definition) is 2. The maximum atomic E-state index is 11.2. The first-order valence-corrected chi connectivity index (χ1v) is 7.98. The van der Waals surface area contributed by atoms with Crippen LogP contribution in [0.5, 0.6) is 0 Å². The van der Waals surface area contributed by atoms with E-state index in [1.807, 2.05) is 36.5 Å². The molecule has 0 aliphatic rings. The van der Waals surface area contributed by atoms with Crippen LogP contribution in [0, 0.1) is 0 Å². The number of carboxylic acids is 1. The van der Waals surface area contributed by atoms with Gasteiger partial charge in [-0.05, 0) is 6.42 Å². The number of rotatable bonds is 8. The van der Waals surface area contributed by atoms with Crippen LogP contribution in [0.25, 0.3) is 10.6 Å². The van der Waals surface area contributed by atoms with Gasteiger partial charge in [0.2, 0.25) is 0 Å². The van der Waals surface area contributed by atoms with Crippen molar-refractivity contribution in [3.8, 4) is 10.6 Å². The quantitative estimate of drug-likeness (QED) is 0.783. The van der Waals surface area contributed by atoms with Gasteiger partial charge >= 0.3 is 5.97 Å². The van der Waals surface area contributed by atoms with Crippen molar-refractivity contribution in [2.45, 2.75) is 38.8 Å². The van der Waals surface area contributed by atoms with Gasteiger partial charge < -0.3 is 5.11 Å². The van der Waals surface area contributed by atoms with Gasteiger partial charge in [0.1, 0.15) is 11.0 Å². The predicted octanol–water partition coefficient (Wildman–Crippen LogP) is 3.54. The highest BCUT2D eigenvalue weighted by Gasteiger charge is 2.16. The third-order valence-electron chi connectivity index (χ3n) is 3.24. The third-order valence-corrected chi connectivity index (χ3v) is 4.29. The molecule has 1 aromatic heterocycles. The molecule has 1 heterocycles. The summed E-state index contributed by atoms with van der Waals surface area (Å²) >= 11 is 1.60. The molecule has 0 radical (unpaired) electrons. The van der Waals surface area contributed by atoms with Crippen LogP contribution in [0.4, 0.5) is 0 Å². The summed E-state index contributed by atoms with van der Waals surface area (Å²) in [6.45, 7) is 2.61. The minimum atomic E-state index is -0.781. The predicted molar refractivity (Wildman–Crippen MR) is 85.3 cm³/mol. The highest BCUT2D eigenvalue weighted by Crippen LogP contribution is 2.24. The molecule has 1 atom stereocenters. The van der Waals surface area contributed by atoms with Gasteiger partial charge in [0.25, 0.3) is 0 Å². The van der Waals surface area contributed by atoms with Crippen molar-refractivity contribution in [1.29, 1.82) is 0 Å². The number of carbonyl (C=O) groups is 1. The molecule has 2 N–H and O–H groups in total. The Labute approximate surface area is 128 Å². The summed E-state index contributed by atoms with van der Waals surface area (Å²) in [5, 5.41) is 13.3. The van der Waals surface area contributed by atoms with Crippen molar-refractivity contribution < 1.29 is 9.90 Å². The molecule has 0 saturated carbocycles. The lowest BCUT2D eigenvalue weighted by Gasteiger charge is -2.12. The Kier molecular flexibility index (Phi) is 5.90. The van der Waals surface area contributed by atoms with E-state index in [1.54, 1.807) is 11.3 Å². The minimum Gasteiger partial charge on any atom is -0.480 e. The van der Waals surface area contributed by atoms with E-state index in [1.165, 1.54) is 0 Å². The van der Waals surface area contributed by atoms with Gasteiger partial charge in [-0.3, -0.25) is 10.1 Å². The van der Waals surface area contributed by atoms with E-state index in [0.717, 1.165) is 28.3 Å². The van der Waals surface area contributed by atoms with Crippen LogP contribution in [-0.2, 0) is 11.3 Å². The molecular formula is C16H20N2O2S. The molecule has 0 fully saturated rings. The Hall–Kier alpha value is -1.72. The minimum absolute atomic E-state index is 0.479. The maximum Gasteiger partial charge on any atom is 0.320 e. The van der Waals surface area contributed by atoms with Gasteiger partial charge in [-0.15, -0.1) is 11.3 Å². The van der Waals surface area contributed by atoms with E-state index in [4.69, 9.17) is 0 Å². The van der Waals surface area contributed by atoms with Crippen LogP contribution in [0.15, 0.2) is 36.5 Å². The van der Waals surface area contributed by atoms with Crippen LogP contribution in [0.3, 0.4) is 0 Å². The molecule has 1 aromatic carbocycles. The summed E-state index contributed by atoms with van der Waals surface area (Å²) in [5.41, 5.74) is 1.09. The molecule has 0 bridgehead atoms. The molecule has 21 heavy (non-hydrogen) atoms.